The van der Waals surface area contributed by atoms with Crippen molar-refractivity contribution in [1.82, 2.24) is 0 Å². The highest BCUT2D eigenvalue weighted by molar-refractivity contribution is 14.1. The zero-order valence-electron chi connectivity index (χ0n) is 17.0. The van der Waals surface area contributed by atoms with Gasteiger partial charge in [-0.15, -0.1) is 0 Å². The maximum Gasteiger partial charge on any atom is 0.319 e. The van der Waals surface area contributed by atoms with Gasteiger partial charge in [0.05, 0.1) is 32.8 Å². The number of halogens is 1. The molecular formula is C20H31IO7. The Balaban J connectivity index is 2.05. The van der Waals surface area contributed by atoms with Crippen molar-refractivity contribution in [3.8, 4) is 0 Å². The lowest BCUT2D eigenvalue weighted by atomic mass is 9.54. The summed E-state index contributed by atoms with van der Waals surface area (Å²) >= 11 is 2.29. The van der Waals surface area contributed by atoms with Crippen molar-refractivity contribution >= 4 is 34.3 Å². The van der Waals surface area contributed by atoms with Crippen LogP contribution in [-0.2, 0) is 33.3 Å². The van der Waals surface area contributed by atoms with Crippen molar-refractivity contribution in [2.45, 2.75) is 44.8 Å². The molecule has 2 bridgehead atoms. The summed E-state index contributed by atoms with van der Waals surface area (Å²) in [6, 6.07) is 0. The quantitative estimate of drug-likeness (QED) is 0.118. The lowest BCUT2D eigenvalue weighted by Gasteiger charge is -2.50. The second-order valence-corrected chi connectivity index (χ2v) is 9.22. The van der Waals surface area contributed by atoms with Crippen LogP contribution in [-0.4, -0.2) is 62.8 Å². The first-order chi connectivity index (χ1) is 13.4. The topological polar surface area (TPSA) is 80.3 Å². The van der Waals surface area contributed by atoms with Gasteiger partial charge in [-0.05, 0) is 41.4 Å². The Hall–Kier alpha value is -0.290. The van der Waals surface area contributed by atoms with Crippen molar-refractivity contribution in [1.29, 1.82) is 0 Å². The van der Waals surface area contributed by atoms with Gasteiger partial charge in [-0.3, -0.25) is 9.59 Å². The molecule has 0 aromatic rings. The maximum absolute atomic E-state index is 13.9. The highest BCUT2D eigenvalue weighted by Gasteiger charge is 2.76. The van der Waals surface area contributed by atoms with Crippen molar-refractivity contribution in [3.05, 3.63) is 0 Å². The minimum atomic E-state index is -1.17. The standard InChI is InChI=1S/C20H31IO7/c1-14-11-20(27-9-10-28-20)15-12-18(14,6-8-26-13-24-2)19(16(15)22,5-4-7-21)17(23)25-3/h14-15H,4-13H2,1-3H3/t14-,15-,18+,19+/m0/s1. The molecule has 0 radical (unpaired) electrons. The molecule has 0 aromatic heterocycles. The van der Waals surface area contributed by atoms with E-state index in [0.717, 1.165) is 10.8 Å². The molecule has 0 aromatic carbocycles. The summed E-state index contributed by atoms with van der Waals surface area (Å²) < 4.78 is 28.7. The Morgan fingerprint density at radius 2 is 1.93 bits per heavy atom. The number of alkyl halides is 1. The van der Waals surface area contributed by atoms with E-state index in [9.17, 15) is 9.59 Å². The Bertz CT molecular complexity index is 591. The average molecular weight is 510 g/mol. The van der Waals surface area contributed by atoms with Crippen LogP contribution >= 0.6 is 22.6 Å². The lowest BCUT2D eigenvalue weighted by molar-refractivity contribution is -0.228. The summed E-state index contributed by atoms with van der Waals surface area (Å²) in [6.45, 7) is 3.70. The van der Waals surface area contributed by atoms with Crippen LogP contribution in [0.5, 0.6) is 0 Å². The molecule has 3 rings (SSSR count). The minimum Gasteiger partial charge on any atom is -0.468 e. The van der Waals surface area contributed by atoms with Gasteiger partial charge in [0.25, 0.3) is 0 Å². The highest BCUT2D eigenvalue weighted by atomic mass is 127. The van der Waals surface area contributed by atoms with Gasteiger partial charge in [-0.2, -0.15) is 0 Å². The molecule has 0 unspecified atom stereocenters. The molecule has 1 aliphatic heterocycles. The number of carbonyl (C=O) groups excluding carboxylic acids is 2. The summed E-state index contributed by atoms with van der Waals surface area (Å²) in [5.41, 5.74) is -1.70. The van der Waals surface area contributed by atoms with Crippen LogP contribution < -0.4 is 0 Å². The molecule has 28 heavy (non-hydrogen) atoms. The van der Waals surface area contributed by atoms with Crippen LogP contribution in [0.2, 0.25) is 0 Å². The fourth-order valence-electron chi connectivity index (χ4n) is 5.95. The maximum atomic E-state index is 13.9. The molecule has 1 spiro atoms. The third-order valence-electron chi connectivity index (χ3n) is 7.11. The van der Waals surface area contributed by atoms with Gasteiger partial charge < -0.3 is 23.7 Å². The van der Waals surface area contributed by atoms with Crippen LogP contribution in [0, 0.1) is 22.7 Å². The smallest absolute Gasteiger partial charge is 0.319 e. The first kappa shape index (κ1) is 22.4. The first-order valence-electron chi connectivity index (χ1n) is 9.97. The van der Waals surface area contributed by atoms with E-state index in [2.05, 4.69) is 29.5 Å². The van der Waals surface area contributed by atoms with Gasteiger partial charge in [0.15, 0.2) is 11.6 Å². The summed E-state index contributed by atoms with van der Waals surface area (Å²) in [6.07, 6.45) is 3.04. The van der Waals surface area contributed by atoms with E-state index in [1.807, 2.05) is 0 Å². The van der Waals surface area contributed by atoms with E-state index in [1.54, 1.807) is 7.11 Å². The van der Waals surface area contributed by atoms with E-state index >= 15 is 0 Å². The predicted octanol–water partition coefficient (Wildman–Crippen LogP) is 2.73. The van der Waals surface area contributed by atoms with Crippen molar-refractivity contribution in [2.75, 3.05) is 45.3 Å². The van der Waals surface area contributed by atoms with E-state index < -0.39 is 28.5 Å². The van der Waals surface area contributed by atoms with Crippen LogP contribution in [0.3, 0.4) is 0 Å². The molecule has 160 valence electrons. The molecule has 2 aliphatic carbocycles. The monoisotopic (exact) mass is 510 g/mol. The molecule has 0 amide bonds. The SMILES string of the molecule is COCOCC[C@]12C[C@@H](C(=O)[C@]1(CCCI)C(=O)OC)C1(C[C@@H]2C)OCCO1. The number of ether oxygens (including phenoxy) is 5. The fourth-order valence-corrected chi connectivity index (χ4v) is 6.33. The fraction of sp³-hybridized carbons (Fsp3) is 0.900. The predicted molar refractivity (Wildman–Crippen MR) is 109 cm³/mol. The molecular weight excluding hydrogens is 479 g/mol. The minimum absolute atomic E-state index is 0.0488. The molecule has 3 aliphatic rings. The number of fused-ring (bicyclic) bond motifs is 3. The molecule has 8 heteroatoms. The van der Waals surface area contributed by atoms with Crippen molar-refractivity contribution < 1.29 is 33.3 Å². The van der Waals surface area contributed by atoms with Gasteiger partial charge in [-0.25, -0.2) is 0 Å². The second kappa shape index (κ2) is 8.83. The number of ketones is 1. The third-order valence-corrected chi connectivity index (χ3v) is 7.87. The molecule has 3 fully saturated rings. The van der Waals surface area contributed by atoms with Crippen LogP contribution in [0.25, 0.3) is 0 Å². The summed E-state index contributed by atoms with van der Waals surface area (Å²) in [4.78, 5) is 27.1. The van der Waals surface area contributed by atoms with E-state index in [4.69, 9.17) is 23.7 Å². The first-order valence-corrected chi connectivity index (χ1v) is 11.5. The zero-order valence-corrected chi connectivity index (χ0v) is 19.1. The molecule has 4 atom stereocenters. The second-order valence-electron chi connectivity index (χ2n) is 8.15. The molecule has 1 saturated heterocycles. The number of rotatable bonds is 9. The van der Waals surface area contributed by atoms with E-state index in [0.29, 0.717) is 45.5 Å². The van der Waals surface area contributed by atoms with Crippen molar-refractivity contribution in [3.63, 3.8) is 0 Å². The Morgan fingerprint density at radius 3 is 2.54 bits per heavy atom. The zero-order chi connectivity index (χ0) is 20.4. The normalized spacial score (nSPS) is 36.2. The van der Waals surface area contributed by atoms with Gasteiger partial charge >= 0.3 is 5.97 Å². The summed E-state index contributed by atoms with van der Waals surface area (Å²) in [5, 5.41) is 0. The van der Waals surface area contributed by atoms with Gasteiger partial charge in [-0.1, -0.05) is 29.5 Å². The van der Waals surface area contributed by atoms with Gasteiger partial charge in [0.1, 0.15) is 12.2 Å². The Kier molecular flexibility index (Phi) is 7.06. The van der Waals surface area contributed by atoms with Crippen molar-refractivity contribution in [2.24, 2.45) is 22.7 Å². The number of carbonyl (C=O) groups is 2. The molecule has 2 saturated carbocycles. The largest absolute Gasteiger partial charge is 0.468 e. The van der Waals surface area contributed by atoms with E-state index in [-0.39, 0.29) is 18.5 Å². The van der Waals surface area contributed by atoms with Crippen LogP contribution in [0.15, 0.2) is 0 Å². The number of hydrogen-bond acceptors (Lipinski definition) is 7. The molecule has 7 nitrogen and oxygen atoms in total. The van der Waals surface area contributed by atoms with Gasteiger partial charge in [0.2, 0.25) is 0 Å². The summed E-state index contributed by atoms with van der Waals surface area (Å²) in [5.74, 6) is -1.77. The van der Waals surface area contributed by atoms with E-state index in [1.165, 1.54) is 7.11 Å². The van der Waals surface area contributed by atoms with Gasteiger partial charge in [0, 0.05) is 13.5 Å². The lowest BCUT2D eigenvalue weighted by Crippen LogP contribution is -2.53. The third kappa shape index (κ3) is 3.23. The number of esters is 1. The highest BCUT2D eigenvalue weighted by Crippen LogP contribution is 2.69. The average Bonchev–Trinajstić information content (AvgIpc) is 3.24. The number of methoxy groups -OCH3 is 2. The Morgan fingerprint density at radius 1 is 1.21 bits per heavy atom. The summed E-state index contributed by atoms with van der Waals surface area (Å²) in [7, 11) is 2.95. The molecule has 0 N–H and O–H groups in total. The van der Waals surface area contributed by atoms with Crippen LogP contribution in [0.1, 0.15) is 39.0 Å². The molecule has 1 heterocycles. The number of hydrogen-bond donors (Lipinski definition) is 0. The Labute approximate surface area is 180 Å². The van der Waals surface area contributed by atoms with Crippen LogP contribution in [0.4, 0.5) is 0 Å². The number of Topliss-reactive ketones (excluding diaryl/α,β-unsaturated/α-hetero) is 1.